The summed E-state index contributed by atoms with van der Waals surface area (Å²) in [6, 6.07) is 81.4. The van der Waals surface area contributed by atoms with Crippen LogP contribution >= 0.6 is 0 Å². The van der Waals surface area contributed by atoms with Crippen molar-refractivity contribution >= 4 is 102 Å². The van der Waals surface area contributed by atoms with Gasteiger partial charge < -0.3 is 24.1 Å². The molecule has 6 aromatic heterocycles. The second-order valence-corrected chi connectivity index (χ2v) is 28.6. The molecule has 0 amide bonds. The zero-order chi connectivity index (χ0) is 77.4. The number of hydrogen-bond donors (Lipinski definition) is 4. The minimum Gasteiger partial charge on any atom is -0.378 e. The van der Waals surface area contributed by atoms with Gasteiger partial charge in [0, 0.05) is 88.6 Å². The molecule has 18 rings (SSSR count). The molecule has 21 heteroatoms. The molecule has 0 atom stereocenters. The number of nitrogens with one attached hydrogen (secondary N) is 4. The average Bonchev–Trinajstić information content (AvgIpc) is 1.39. The lowest BCUT2D eigenvalue weighted by atomic mass is 9.95. The van der Waals surface area contributed by atoms with Gasteiger partial charge in [0.1, 0.15) is 5.75 Å². The summed E-state index contributed by atoms with van der Waals surface area (Å²) in [5.41, 5.74) is 11.6. The Morgan fingerprint density at radius 3 is 0.779 bits per heavy atom. The number of H-pyrrole nitrogens is 4. The van der Waals surface area contributed by atoms with E-state index in [0.29, 0.717) is 107 Å². The number of ether oxygens (including phenoxy) is 1. The maximum absolute atomic E-state index is 18.1. The third-order valence-electron chi connectivity index (χ3n) is 20.0. The van der Waals surface area contributed by atoms with E-state index in [-0.39, 0.29) is 33.3 Å². The van der Waals surface area contributed by atoms with E-state index in [1.54, 1.807) is 78.9 Å². The molecular weight excluding hydrogens is 1470 g/mol. The lowest BCUT2D eigenvalue weighted by Crippen LogP contribution is -2.56. The van der Waals surface area contributed by atoms with E-state index in [9.17, 15) is 8.42 Å². The van der Waals surface area contributed by atoms with Crippen molar-refractivity contribution in [3.8, 4) is 94.8 Å². The molecule has 0 aliphatic carbocycles. The molecule has 16 bridgehead atoms. The van der Waals surface area contributed by atoms with Crippen molar-refractivity contribution in [1.82, 2.24) is 39.9 Å². The highest BCUT2D eigenvalue weighted by Gasteiger charge is 2.76. The Hall–Kier alpha value is -13.9. The predicted octanol–water partition coefficient (Wildman–Crippen LogP) is 24.2. The van der Waals surface area contributed by atoms with Crippen LogP contribution in [0, 0.1) is 0 Å². The third-order valence-corrected chi connectivity index (χ3v) is 21.3. The van der Waals surface area contributed by atoms with Crippen LogP contribution in [0.5, 0.6) is 5.75 Å². The van der Waals surface area contributed by atoms with Gasteiger partial charge in [0.05, 0.1) is 51.1 Å². The number of aromatic nitrogens is 8. The maximum atomic E-state index is 18.1. The average molecular weight is 1520 g/mol. The minimum absolute atomic E-state index is 0.00608. The summed E-state index contributed by atoms with van der Waals surface area (Å²) in [6.45, 7) is 0. The van der Waals surface area contributed by atoms with Crippen molar-refractivity contribution in [3.63, 3.8) is 0 Å². The van der Waals surface area contributed by atoms with E-state index in [1.165, 1.54) is 42.5 Å². The van der Waals surface area contributed by atoms with Crippen LogP contribution in [0.15, 0.2) is 285 Å². The highest BCUT2D eigenvalue weighted by atomic mass is 32.2. The zero-order valence-electron chi connectivity index (χ0n) is 59.0. The van der Waals surface area contributed by atoms with Crippen molar-refractivity contribution in [2.45, 2.75) is 23.4 Å². The van der Waals surface area contributed by atoms with Crippen LogP contribution in [0.3, 0.4) is 0 Å². The first kappa shape index (κ1) is 70.8. The van der Waals surface area contributed by atoms with Gasteiger partial charge in [-0.15, -0.1) is 0 Å². The molecule has 0 fully saturated rings. The van der Waals surface area contributed by atoms with Crippen molar-refractivity contribution in [2.75, 3.05) is 0 Å². The SMILES string of the molecule is O=S(=O)(Oc1ccc(-c2c3nc(c(-c4ccccc4)c4ccc([nH]4)c(-c4ccccc4)c4nc(c(-c5ccccc5)c5ccc2[nH]5)C=C4)C=C3)cc1)C(F)(F)C(F)(F)OC(F)(F)C(F)(F)C1=Cc2nc1c(-c1ccccc1)c1ccc([nH]1)c(-c1ccccc1)c1nc(c(-c3ccccc3)c3ccc([nH]3)c2-c2ccccc2)C=C1. The van der Waals surface area contributed by atoms with E-state index < -0.39 is 56.2 Å². The van der Waals surface area contributed by atoms with Gasteiger partial charge in [-0.3, -0.25) is 0 Å². The first-order chi connectivity index (χ1) is 54.8. The molecule has 113 heavy (non-hydrogen) atoms. The van der Waals surface area contributed by atoms with E-state index in [4.69, 9.17) is 24.1 Å². The Kier molecular flexibility index (Phi) is 17.5. The second-order valence-electron chi connectivity index (χ2n) is 27.0. The normalized spacial score (nSPS) is 13.0. The van der Waals surface area contributed by atoms with Crippen LogP contribution in [-0.2, 0) is 14.9 Å². The van der Waals surface area contributed by atoms with Crippen LogP contribution < -0.4 is 4.18 Å². The zero-order valence-corrected chi connectivity index (χ0v) is 59.8. The third kappa shape index (κ3) is 12.7. The predicted molar refractivity (Wildman–Crippen MR) is 431 cm³/mol. The first-order valence-electron chi connectivity index (χ1n) is 35.8. The number of alkyl halides is 8. The van der Waals surface area contributed by atoms with Crippen LogP contribution in [0.1, 0.15) is 45.6 Å². The van der Waals surface area contributed by atoms with Crippen LogP contribution in [0.2, 0.25) is 0 Å². The molecular formula is C92H58F8N8O4S. The summed E-state index contributed by atoms with van der Waals surface area (Å²) in [5, 5.41) is -6.83. The number of benzene rings is 8. The van der Waals surface area contributed by atoms with E-state index in [0.717, 1.165) is 45.5 Å². The lowest BCUT2D eigenvalue weighted by Gasteiger charge is -2.32. The van der Waals surface area contributed by atoms with Gasteiger partial charge in [0.15, 0.2) is 0 Å². The van der Waals surface area contributed by atoms with E-state index >= 15 is 35.1 Å². The number of nitrogens with zero attached hydrogens (tertiary/aromatic N) is 4. The Bertz CT molecular complexity index is 6700. The Labute approximate surface area is 640 Å². The smallest absolute Gasteiger partial charge is 0.378 e. The molecule has 552 valence electrons. The van der Waals surface area contributed by atoms with Gasteiger partial charge in [-0.2, -0.15) is 43.5 Å². The molecule has 10 heterocycles. The highest BCUT2D eigenvalue weighted by molar-refractivity contribution is 7.88. The topological polar surface area (TPSA) is 167 Å². The molecule has 14 aromatic rings. The van der Waals surface area contributed by atoms with Crippen LogP contribution in [0.4, 0.5) is 35.1 Å². The number of aromatic amines is 4. The Morgan fingerprint density at radius 1 is 0.265 bits per heavy atom. The van der Waals surface area contributed by atoms with Crippen molar-refractivity contribution < 1.29 is 52.5 Å². The van der Waals surface area contributed by atoms with Crippen LogP contribution in [-0.4, -0.2) is 71.7 Å². The summed E-state index contributed by atoms with van der Waals surface area (Å²) in [7, 11) is -7.20. The fourth-order valence-electron chi connectivity index (χ4n) is 14.8. The summed E-state index contributed by atoms with van der Waals surface area (Å²) >= 11 is 0. The molecule has 0 unspecified atom stereocenters. The summed E-state index contributed by atoms with van der Waals surface area (Å²) in [6.07, 6.45) is -2.01. The molecule has 4 aliphatic rings. The van der Waals surface area contributed by atoms with Gasteiger partial charge in [-0.05, 0) is 148 Å². The quantitative estimate of drug-likeness (QED) is 0.0548. The van der Waals surface area contributed by atoms with E-state index in [1.807, 2.05) is 188 Å². The molecule has 0 radical (unpaired) electrons. The molecule has 0 saturated carbocycles. The van der Waals surface area contributed by atoms with Gasteiger partial charge >= 0.3 is 33.5 Å². The molecule has 4 N–H and O–H groups in total. The molecule has 8 aromatic carbocycles. The summed E-state index contributed by atoms with van der Waals surface area (Å²) in [4.78, 5) is 34.4. The number of fused-ring (bicyclic) bond motifs is 16. The van der Waals surface area contributed by atoms with Gasteiger partial charge in [0.2, 0.25) is 0 Å². The van der Waals surface area contributed by atoms with Gasteiger partial charge in [0.25, 0.3) is 0 Å². The second kappa shape index (κ2) is 27.9. The fraction of sp³-hybridized carbons (Fsp3) is 0.0435. The first-order valence-corrected chi connectivity index (χ1v) is 37.2. The standard InChI is InChI=1S/C92H58F8N8O4S/c93-89(94,64-54-79-86(60-32-18-6-19-33-60)77-51-50-73(106-77)83(58-28-14-4-15-29-58)69-44-45-72(103-69)84(59-30-16-5-17-31-59)74-52-53-78(107-74)87(88(64)108-79)61-34-20-7-21-35-61)90(95,96)112-91(97,98)92(99,100)113(109,110)111-63-38-36-62(37-39-63)85-75-48-46-70(104-75)81(56-24-10-2-11-25-56)67-42-40-65(101-67)80(55-22-8-1-9-23-55)66-41-43-68(102-66)82(57-26-12-3-13-27-57)71-47-49-76(85)105-71/h1-54,101,105-107H. The molecule has 4 aliphatic heterocycles. The molecule has 0 saturated heterocycles. The lowest BCUT2D eigenvalue weighted by molar-refractivity contribution is -0.446. The number of hydrogen-bond acceptors (Lipinski definition) is 8. The fourth-order valence-corrected chi connectivity index (χ4v) is 15.6. The number of rotatable bonds is 16. The molecule has 0 spiro atoms. The van der Waals surface area contributed by atoms with Gasteiger partial charge in [-0.1, -0.05) is 224 Å². The van der Waals surface area contributed by atoms with Crippen molar-refractivity contribution in [3.05, 3.63) is 331 Å². The monoisotopic (exact) mass is 1520 g/mol. The Morgan fingerprint density at radius 2 is 0.504 bits per heavy atom. The largest absolute Gasteiger partial charge is 0.471 e. The summed E-state index contributed by atoms with van der Waals surface area (Å²) < 4.78 is 173. The van der Waals surface area contributed by atoms with Crippen molar-refractivity contribution in [2.24, 2.45) is 0 Å². The maximum Gasteiger partial charge on any atom is 0.471 e. The van der Waals surface area contributed by atoms with Gasteiger partial charge in [-0.25, -0.2) is 24.7 Å². The highest BCUT2D eigenvalue weighted by Crippen LogP contribution is 2.55. The Balaban J connectivity index is 0.743. The van der Waals surface area contributed by atoms with Crippen molar-refractivity contribution in [1.29, 1.82) is 0 Å². The van der Waals surface area contributed by atoms with Crippen LogP contribution in [0.25, 0.3) is 181 Å². The summed E-state index contributed by atoms with van der Waals surface area (Å²) in [5.74, 6) is -7.09. The molecule has 12 nitrogen and oxygen atoms in total. The minimum atomic E-state index is -7.20. The van der Waals surface area contributed by atoms with E-state index in [2.05, 4.69) is 24.7 Å². The number of halogens is 8.